The first-order valence-corrected chi connectivity index (χ1v) is 9.07. The van der Waals surface area contributed by atoms with Gasteiger partial charge in [-0.05, 0) is 43.7 Å². The molecule has 0 N–H and O–H groups in total. The number of anilines is 3. The Kier molecular flexibility index (Phi) is 3.23. The van der Waals surface area contributed by atoms with E-state index in [-0.39, 0.29) is 6.17 Å². The lowest BCUT2D eigenvalue weighted by molar-refractivity contribution is 0.661. The summed E-state index contributed by atoms with van der Waals surface area (Å²) in [5.74, 6) is 0. The number of aryl methyl sites for hydroxylation is 1. The molecule has 1 aliphatic heterocycles. The first-order valence-electron chi connectivity index (χ1n) is 9.07. The molecule has 3 aromatic carbocycles. The van der Waals surface area contributed by atoms with E-state index in [0.29, 0.717) is 5.56 Å². The van der Waals surface area contributed by atoms with Crippen LogP contribution in [-0.2, 0) is 0 Å². The van der Waals surface area contributed by atoms with Crippen LogP contribution in [0.1, 0.15) is 18.1 Å². The van der Waals surface area contributed by atoms with E-state index >= 15 is 0 Å². The highest BCUT2D eigenvalue weighted by Gasteiger charge is 2.34. The molecule has 0 fully saturated rings. The van der Waals surface area contributed by atoms with E-state index in [1.807, 2.05) is 36.4 Å². The van der Waals surface area contributed by atoms with Gasteiger partial charge >= 0.3 is 0 Å². The average molecular weight is 353 g/mol. The zero-order valence-corrected chi connectivity index (χ0v) is 15.5. The van der Waals surface area contributed by atoms with Gasteiger partial charge in [0, 0.05) is 17.8 Å². The van der Waals surface area contributed by atoms with Crippen molar-refractivity contribution >= 4 is 39.0 Å². The second-order valence-corrected chi connectivity index (χ2v) is 7.13. The maximum absolute atomic E-state index is 9.38. The Morgan fingerprint density at radius 3 is 2.63 bits per heavy atom. The van der Waals surface area contributed by atoms with Crippen molar-refractivity contribution in [2.75, 3.05) is 16.8 Å². The highest BCUT2D eigenvalue weighted by atomic mass is 16.3. The molecule has 5 rings (SSSR count). The van der Waals surface area contributed by atoms with Gasteiger partial charge in [0.05, 0.1) is 28.7 Å². The molecule has 132 valence electrons. The molecule has 0 bridgehead atoms. The Morgan fingerprint density at radius 1 is 1.00 bits per heavy atom. The molecule has 1 aromatic heterocycles. The Bertz CT molecular complexity index is 1250. The number of hydrogen-bond acceptors (Lipinski definition) is 4. The molecule has 1 atom stereocenters. The number of nitrogens with zero attached hydrogens (tertiary/aromatic N) is 3. The van der Waals surface area contributed by atoms with Crippen LogP contribution in [0.5, 0.6) is 0 Å². The zero-order valence-electron chi connectivity index (χ0n) is 15.5. The summed E-state index contributed by atoms with van der Waals surface area (Å²) >= 11 is 0. The van der Waals surface area contributed by atoms with Gasteiger partial charge in [0.15, 0.2) is 5.58 Å². The van der Waals surface area contributed by atoms with Crippen molar-refractivity contribution in [1.29, 1.82) is 5.26 Å². The monoisotopic (exact) mass is 353 g/mol. The number of furan rings is 1. The summed E-state index contributed by atoms with van der Waals surface area (Å²) in [5.41, 5.74) is 6.83. The largest absolute Gasteiger partial charge is 0.454 e. The maximum Gasteiger partial charge on any atom is 0.159 e. The molecule has 0 unspecified atom stereocenters. The number of benzene rings is 3. The summed E-state index contributed by atoms with van der Waals surface area (Å²) in [7, 11) is 2.09. The highest BCUT2D eigenvalue weighted by Crippen LogP contribution is 2.48. The molecule has 0 amide bonds. The number of fused-ring (bicyclic) bond motifs is 4. The van der Waals surface area contributed by atoms with Crippen LogP contribution in [0.25, 0.3) is 21.9 Å². The molecule has 0 radical (unpaired) electrons. The molecule has 0 saturated carbocycles. The third kappa shape index (κ3) is 2.09. The van der Waals surface area contributed by atoms with Crippen LogP contribution < -0.4 is 9.80 Å². The SMILES string of the molecule is Cc1ccc2c(oc3ccccc32)c1N1c2cc(C#N)ccc2N(C)[C@@H]1C. The quantitative estimate of drug-likeness (QED) is 0.440. The van der Waals surface area contributed by atoms with Gasteiger partial charge in [-0.1, -0.05) is 30.3 Å². The van der Waals surface area contributed by atoms with Gasteiger partial charge in [-0.25, -0.2) is 0 Å². The Balaban J connectivity index is 1.84. The molecule has 0 saturated heterocycles. The van der Waals surface area contributed by atoms with Crippen molar-refractivity contribution in [1.82, 2.24) is 0 Å². The number of para-hydroxylation sites is 1. The molecule has 0 aliphatic carbocycles. The van der Waals surface area contributed by atoms with E-state index < -0.39 is 0 Å². The minimum Gasteiger partial charge on any atom is -0.454 e. The Morgan fingerprint density at radius 2 is 1.81 bits per heavy atom. The lowest BCUT2D eigenvalue weighted by Crippen LogP contribution is -2.36. The van der Waals surface area contributed by atoms with Crippen LogP contribution >= 0.6 is 0 Å². The van der Waals surface area contributed by atoms with Gasteiger partial charge in [-0.2, -0.15) is 5.26 Å². The van der Waals surface area contributed by atoms with Crippen LogP contribution in [0.15, 0.2) is 59.0 Å². The fraction of sp³-hybridized carbons (Fsp3) is 0.174. The fourth-order valence-corrected chi connectivity index (χ4v) is 4.14. The summed E-state index contributed by atoms with van der Waals surface area (Å²) in [6.07, 6.45) is 0.117. The number of nitriles is 1. The van der Waals surface area contributed by atoms with E-state index in [1.54, 1.807) is 0 Å². The third-order valence-corrected chi connectivity index (χ3v) is 5.64. The van der Waals surface area contributed by atoms with Crippen molar-refractivity contribution in [3.05, 3.63) is 65.7 Å². The molecule has 27 heavy (non-hydrogen) atoms. The molecular weight excluding hydrogens is 334 g/mol. The molecule has 4 nitrogen and oxygen atoms in total. The van der Waals surface area contributed by atoms with Crippen LogP contribution in [0, 0.1) is 18.3 Å². The predicted molar refractivity (Wildman–Crippen MR) is 110 cm³/mol. The first-order chi connectivity index (χ1) is 13.1. The van der Waals surface area contributed by atoms with E-state index in [1.165, 1.54) is 0 Å². The van der Waals surface area contributed by atoms with E-state index in [9.17, 15) is 5.26 Å². The summed E-state index contributed by atoms with van der Waals surface area (Å²) in [4.78, 5) is 4.52. The van der Waals surface area contributed by atoms with Crippen molar-refractivity contribution in [2.24, 2.45) is 0 Å². The maximum atomic E-state index is 9.38. The van der Waals surface area contributed by atoms with Crippen LogP contribution in [-0.4, -0.2) is 13.2 Å². The minimum atomic E-state index is 0.117. The van der Waals surface area contributed by atoms with Gasteiger partial charge in [0.2, 0.25) is 0 Å². The van der Waals surface area contributed by atoms with Crippen LogP contribution in [0.2, 0.25) is 0 Å². The number of hydrogen-bond donors (Lipinski definition) is 0. The second kappa shape index (κ2) is 5.52. The van der Waals surface area contributed by atoms with Crippen molar-refractivity contribution in [3.63, 3.8) is 0 Å². The van der Waals surface area contributed by atoms with Gasteiger partial charge < -0.3 is 14.2 Å². The van der Waals surface area contributed by atoms with Gasteiger partial charge in [-0.15, -0.1) is 0 Å². The minimum absolute atomic E-state index is 0.117. The van der Waals surface area contributed by atoms with Crippen molar-refractivity contribution in [2.45, 2.75) is 20.0 Å². The molecule has 0 spiro atoms. The smallest absolute Gasteiger partial charge is 0.159 e. The molecule has 4 aromatic rings. The van der Waals surface area contributed by atoms with Gasteiger partial charge in [0.1, 0.15) is 11.7 Å². The second-order valence-electron chi connectivity index (χ2n) is 7.13. The van der Waals surface area contributed by atoms with E-state index in [4.69, 9.17) is 4.42 Å². The summed E-state index contributed by atoms with van der Waals surface area (Å²) in [5, 5.41) is 11.6. The summed E-state index contributed by atoms with van der Waals surface area (Å²) in [6, 6.07) is 20.6. The highest BCUT2D eigenvalue weighted by molar-refractivity contribution is 6.10. The Labute approximate surface area is 157 Å². The van der Waals surface area contributed by atoms with Gasteiger partial charge in [-0.3, -0.25) is 0 Å². The first kappa shape index (κ1) is 15.8. The molecular formula is C23H19N3O. The molecule has 2 heterocycles. The van der Waals surface area contributed by atoms with Gasteiger partial charge in [0.25, 0.3) is 0 Å². The summed E-state index contributed by atoms with van der Waals surface area (Å²) < 4.78 is 6.31. The molecule has 4 heteroatoms. The van der Waals surface area contributed by atoms with E-state index in [0.717, 1.165) is 44.6 Å². The molecule has 1 aliphatic rings. The summed E-state index contributed by atoms with van der Waals surface area (Å²) in [6.45, 7) is 4.29. The predicted octanol–water partition coefficient (Wildman–Crippen LogP) is 5.70. The topological polar surface area (TPSA) is 43.4 Å². The van der Waals surface area contributed by atoms with Crippen molar-refractivity contribution < 1.29 is 4.42 Å². The third-order valence-electron chi connectivity index (χ3n) is 5.64. The zero-order chi connectivity index (χ0) is 18.7. The van der Waals surface area contributed by atoms with Crippen molar-refractivity contribution in [3.8, 4) is 6.07 Å². The standard InChI is InChI=1S/C23H19N3O/c1-14-8-10-18-17-6-4-5-7-21(17)27-23(18)22(14)26-15(2)25(3)19-11-9-16(13-24)12-20(19)26/h4-12,15H,1-3H3/t15-/m0/s1. The van der Waals surface area contributed by atoms with Crippen LogP contribution in [0.3, 0.4) is 0 Å². The average Bonchev–Trinajstić information content (AvgIpc) is 3.18. The lowest BCUT2D eigenvalue weighted by atomic mass is 10.1. The normalized spacial score (nSPS) is 16.1. The van der Waals surface area contributed by atoms with E-state index in [2.05, 4.69) is 55.0 Å². The number of rotatable bonds is 1. The Hall–Kier alpha value is -3.45. The van der Waals surface area contributed by atoms with Crippen LogP contribution in [0.4, 0.5) is 17.1 Å². The lowest BCUT2D eigenvalue weighted by Gasteiger charge is -2.29. The fourth-order valence-electron chi connectivity index (χ4n) is 4.14.